The second-order valence-electron chi connectivity index (χ2n) is 4.13. The number of nitrogens with one attached hydrogen (secondary N) is 1. The van der Waals surface area contributed by atoms with E-state index >= 15 is 0 Å². The lowest BCUT2D eigenvalue weighted by atomic mass is 10.2. The molecule has 17 heavy (non-hydrogen) atoms. The fraction of sp³-hybridized carbons (Fsp3) is 0.308. The first-order chi connectivity index (χ1) is 8.08. The third-order valence-electron chi connectivity index (χ3n) is 2.73. The van der Waals surface area contributed by atoms with Gasteiger partial charge in [-0.1, -0.05) is 22.0 Å². The first-order valence-electron chi connectivity index (χ1n) is 5.50. The number of hydrogen-bond donors (Lipinski definition) is 1. The predicted molar refractivity (Wildman–Crippen MR) is 77.8 cm³/mol. The zero-order valence-corrected chi connectivity index (χ0v) is 12.5. The zero-order valence-electron chi connectivity index (χ0n) is 10.1. The van der Waals surface area contributed by atoms with Gasteiger partial charge in [0.25, 0.3) is 0 Å². The summed E-state index contributed by atoms with van der Waals surface area (Å²) in [4.78, 5) is 5.57. The lowest BCUT2D eigenvalue weighted by Gasteiger charge is -2.15. The highest BCUT2D eigenvalue weighted by Gasteiger charge is 2.10. The summed E-state index contributed by atoms with van der Waals surface area (Å²) in [6, 6.07) is 6.62. The van der Waals surface area contributed by atoms with Crippen molar-refractivity contribution in [1.82, 2.24) is 4.98 Å². The number of nitrogens with zero attached hydrogens (tertiary/aromatic N) is 1. The van der Waals surface area contributed by atoms with Crippen molar-refractivity contribution < 1.29 is 0 Å². The number of halogens is 1. The molecule has 0 aliphatic rings. The van der Waals surface area contributed by atoms with Gasteiger partial charge in [0.15, 0.2) is 0 Å². The standard InChI is InChI=1S/C13H15BrN2S/c1-8-4-5-11(6-12(8)14)16-10(3)13-9(2)15-7-17-13/h4-7,10,16H,1-3H3. The van der Waals surface area contributed by atoms with Crippen LogP contribution in [0.5, 0.6) is 0 Å². The van der Waals surface area contributed by atoms with Gasteiger partial charge in [-0.3, -0.25) is 0 Å². The first-order valence-corrected chi connectivity index (χ1v) is 7.18. The Kier molecular flexibility index (Phi) is 3.84. The average molecular weight is 311 g/mol. The number of hydrogen-bond acceptors (Lipinski definition) is 3. The molecule has 0 fully saturated rings. The Balaban J connectivity index is 2.16. The third kappa shape index (κ3) is 2.87. The smallest absolute Gasteiger partial charge is 0.0798 e. The quantitative estimate of drug-likeness (QED) is 0.889. The van der Waals surface area contributed by atoms with Crippen LogP contribution in [0.1, 0.15) is 29.1 Å². The van der Waals surface area contributed by atoms with E-state index in [0.717, 1.165) is 15.9 Å². The van der Waals surface area contributed by atoms with Crippen molar-refractivity contribution >= 4 is 33.0 Å². The first kappa shape index (κ1) is 12.6. The average Bonchev–Trinajstić information content (AvgIpc) is 2.70. The van der Waals surface area contributed by atoms with E-state index in [1.54, 1.807) is 11.3 Å². The van der Waals surface area contributed by atoms with Crippen LogP contribution in [0.3, 0.4) is 0 Å². The molecule has 1 N–H and O–H groups in total. The summed E-state index contributed by atoms with van der Waals surface area (Å²) in [7, 11) is 0. The van der Waals surface area contributed by atoms with E-state index in [4.69, 9.17) is 0 Å². The molecule has 2 nitrogen and oxygen atoms in total. The van der Waals surface area contributed by atoms with Crippen molar-refractivity contribution in [2.75, 3.05) is 5.32 Å². The highest BCUT2D eigenvalue weighted by Crippen LogP contribution is 2.27. The van der Waals surface area contributed by atoms with E-state index in [-0.39, 0.29) is 6.04 Å². The second kappa shape index (κ2) is 5.19. The molecule has 1 heterocycles. The SMILES string of the molecule is Cc1ccc(NC(C)c2scnc2C)cc1Br. The van der Waals surface area contributed by atoms with Gasteiger partial charge in [0, 0.05) is 15.0 Å². The highest BCUT2D eigenvalue weighted by atomic mass is 79.9. The number of aryl methyl sites for hydroxylation is 2. The number of rotatable bonds is 3. The maximum atomic E-state index is 4.28. The molecule has 2 aromatic rings. The molecule has 0 aliphatic carbocycles. The lowest BCUT2D eigenvalue weighted by Crippen LogP contribution is -2.06. The van der Waals surface area contributed by atoms with Crippen LogP contribution in [0.25, 0.3) is 0 Å². The van der Waals surface area contributed by atoms with E-state index in [1.807, 2.05) is 5.51 Å². The lowest BCUT2D eigenvalue weighted by molar-refractivity contribution is 0.890. The van der Waals surface area contributed by atoms with Gasteiger partial charge in [-0.25, -0.2) is 4.98 Å². The summed E-state index contributed by atoms with van der Waals surface area (Å²) in [6.45, 7) is 6.30. The molecule has 1 aromatic heterocycles. The number of anilines is 1. The number of benzene rings is 1. The van der Waals surface area contributed by atoms with Gasteiger partial charge in [-0.05, 0) is 38.5 Å². The molecule has 0 saturated heterocycles. The summed E-state index contributed by atoms with van der Waals surface area (Å²) >= 11 is 5.25. The van der Waals surface area contributed by atoms with Gasteiger partial charge in [0.1, 0.15) is 0 Å². The fourth-order valence-electron chi connectivity index (χ4n) is 1.72. The van der Waals surface area contributed by atoms with Gasteiger partial charge in [-0.2, -0.15) is 0 Å². The topological polar surface area (TPSA) is 24.9 Å². The van der Waals surface area contributed by atoms with E-state index < -0.39 is 0 Å². The van der Waals surface area contributed by atoms with Crippen LogP contribution in [0, 0.1) is 13.8 Å². The van der Waals surface area contributed by atoms with Crippen LogP contribution < -0.4 is 5.32 Å². The largest absolute Gasteiger partial charge is 0.378 e. The minimum absolute atomic E-state index is 0.289. The molecule has 1 aromatic carbocycles. The van der Waals surface area contributed by atoms with Crippen LogP contribution in [-0.2, 0) is 0 Å². The summed E-state index contributed by atoms with van der Waals surface area (Å²) in [5, 5.41) is 3.49. The molecule has 4 heteroatoms. The Morgan fingerprint density at radius 3 is 2.71 bits per heavy atom. The Labute approximate surface area is 114 Å². The predicted octanol–water partition coefficient (Wildman–Crippen LogP) is 4.70. The molecule has 0 spiro atoms. The van der Waals surface area contributed by atoms with Gasteiger partial charge in [-0.15, -0.1) is 11.3 Å². The summed E-state index contributed by atoms with van der Waals surface area (Å²) in [6.07, 6.45) is 0. The number of aromatic nitrogens is 1. The highest BCUT2D eigenvalue weighted by molar-refractivity contribution is 9.10. The van der Waals surface area contributed by atoms with Crippen molar-refractivity contribution in [3.05, 3.63) is 44.3 Å². The Hall–Kier alpha value is -0.870. The van der Waals surface area contributed by atoms with Gasteiger partial charge in [0.2, 0.25) is 0 Å². The maximum absolute atomic E-state index is 4.28. The molecule has 1 atom stereocenters. The van der Waals surface area contributed by atoms with E-state index in [2.05, 4.69) is 65.2 Å². The molecule has 90 valence electrons. The van der Waals surface area contributed by atoms with Crippen molar-refractivity contribution in [3.63, 3.8) is 0 Å². The van der Waals surface area contributed by atoms with E-state index in [1.165, 1.54) is 10.4 Å². The van der Waals surface area contributed by atoms with Crippen LogP contribution in [0.15, 0.2) is 28.2 Å². The molecule has 0 saturated carbocycles. The minimum Gasteiger partial charge on any atom is -0.378 e. The van der Waals surface area contributed by atoms with Crippen molar-refractivity contribution in [1.29, 1.82) is 0 Å². The molecule has 2 rings (SSSR count). The molecule has 0 amide bonds. The Morgan fingerprint density at radius 2 is 2.12 bits per heavy atom. The Bertz CT molecular complexity index is 522. The molecular formula is C13H15BrN2S. The molecule has 0 bridgehead atoms. The van der Waals surface area contributed by atoms with Gasteiger partial charge >= 0.3 is 0 Å². The van der Waals surface area contributed by atoms with E-state index in [0.29, 0.717) is 0 Å². The van der Waals surface area contributed by atoms with Gasteiger partial charge < -0.3 is 5.32 Å². The zero-order chi connectivity index (χ0) is 12.4. The van der Waals surface area contributed by atoms with Crippen molar-refractivity contribution in [2.45, 2.75) is 26.8 Å². The van der Waals surface area contributed by atoms with Crippen LogP contribution >= 0.6 is 27.3 Å². The monoisotopic (exact) mass is 310 g/mol. The van der Waals surface area contributed by atoms with Gasteiger partial charge in [0.05, 0.1) is 17.2 Å². The van der Waals surface area contributed by atoms with Crippen LogP contribution in [0.4, 0.5) is 5.69 Å². The van der Waals surface area contributed by atoms with Crippen molar-refractivity contribution in [2.24, 2.45) is 0 Å². The van der Waals surface area contributed by atoms with E-state index in [9.17, 15) is 0 Å². The summed E-state index contributed by atoms with van der Waals surface area (Å²) in [5.41, 5.74) is 5.38. The molecule has 0 radical (unpaired) electrons. The second-order valence-corrected chi connectivity index (χ2v) is 5.87. The molecule has 0 aliphatic heterocycles. The fourth-order valence-corrected chi connectivity index (χ4v) is 2.91. The molecule has 1 unspecified atom stereocenters. The molecular weight excluding hydrogens is 296 g/mol. The minimum atomic E-state index is 0.289. The summed E-state index contributed by atoms with van der Waals surface area (Å²) in [5.74, 6) is 0. The van der Waals surface area contributed by atoms with Crippen LogP contribution in [-0.4, -0.2) is 4.98 Å². The van der Waals surface area contributed by atoms with Crippen molar-refractivity contribution in [3.8, 4) is 0 Å². The summed E-state index contributed by atoms with van der Waals surface area (Å²) < 4.78 is 1.13. The third-order valence-corrected chi connectivity index (χ3v) is 4.70. The normalized spacial score (nSPS) is 12.5. The van der Waals surface area contributed by atoms with Crippen LogP contribution in [0.2, 0.25) is 0 Å². The maximum Gasteiger partial charge on any atom is 0.0798 e. The Morgan fingerprint density at radius 1 is 1.35 bits per heavy atom. The number of thiazole rings is 1.